The second-order valence-corrected chi connectivity index (χ2v) is 5.30. The monoisotopic (exact) mass is 324 g/mol. The molecule has 2 rings (SSSR count). The van der Waals surface area contributed by atoms with E-state index in [0.717, 1.165) is 11.1 Å². The maximum Gasteiger partial charge on any atom is 0.321 e. The maximum atomic E-state index is 12.3. The third-order valence-corrected chi connectivity index (χ3v) is 3.92. The molecule has 0 spiro atoms. The van der Waals surface area contributed by atoms with Crippen LogP contribution in [0.3, 0.4) is 0 Å². The molecule has 1 atom stereocenters. The van der Waals surface area contributed by atoms with Crippen molar-refractivity contribution in [3.63, 3.8) is 0 Å². The second kappa shape index (κ2) is 8.11. The minimum atomic E-state index is -1.12. The summed E-state index contributed by atoms with van der Waals surface area (Å²) in [5, 5.41) is 0. The van der Waals surface area contributed by atoms with Gasteiger partial charge in [-0.15, -0.1) is 0 Å². The summed E-state index contributed by atoms with van der Waals surface area (Å²) in [5.74, 6) is -2.98. The third kappa shape index (κ3) is 3.71. The SMILES string of the molecule is C=C(c1ccccc1)[C@@H](c1ccccc1)C(C(=O)OC)C(=O)OC. The normalized spacial score (nSPS) is 11.6. The lowest BCUT2D eigenvalue weighted by Gasteiger charge is -2.26. The van der Waals surface area contributed by atoms with Crippen molar-refractivity contribution < 1.29 is 19.1 Å². The van der Waals surface area contributed by atoms with Gasteiger partial charge in [0.05, 0.1) is 14.2 Å². The van der Waals surface area contributed by atoms with E-state index in [1.54, 1.807) is 0 Å². The van der Waals surface area contributed by atoms with Gasteiger partial charge in [-0.3, -0.25) is 9.59 Å². The Hall–Kier alpha value is -2.88. The molecule has 0 fully saturated rings. The van der Waals surface area contributed by atoms with Gasteiger partial charge in [0, 0.05) is 5.92 Å². The van der Waals surface area contributed by atoms with Gasteiger partial charge in [0.15, 0.2) is 5.92 Å². The van der Waals surface area contributed by atoms with Crippen molar-refractivity contribution in [2.45, 2.75) is 5.92 Å². The van der Waals surface area contributed by atoms with E-state index < -0.39 is 23.8 Å². The smallest absolute Gasteiger partial charge is 0.321 e. The van der Waals surface area contributed by atoms with Gasteiger partial charge in [-0.25, -0.2) is 0 Å². The highest BCUT2D eigenvalue weighted by Crippen LogP contribution is 2.38. The zero-order chi connectivity index (χ0) is 17.5. The predicted octanol–water partition coefficient (Wildman–Crippen LogP) is 3.45. The van der Waals surface area contributed by atoms with Gasteiger partial charge in [-0.2, -0.15) is 0 Å². The van der Waals surface area contributed by atoms with Crippen LogP contribution < -0.4 is 0 Å². The van der Waals surface area contributed by atoms with Crippen LogP contribution in [0.4, 0.5) is 0 Å². The number of carbonyl (C=O) groups is 2. The molecule has 0 bridgehead atoms. The number of methoxy groups -OCH3 is 2. The van der Waals surface area contributed by atoms with Crippen LogP contribution in [0.5, 0.6) is 0 Å². The Kier molecular flexibility index (Phi) is 5.90. The lowest BCUT2D eigenvalue weighted by Crippen LogP contribution is -2.32. The van der Waals surface area contributed by atoms with Crippen molar-refractivity contribution in [2.75, 3.05) is 14.2 Å². The van der Waals surface area contributed by atoms with Crippen LogP contribution in [0.1, 0.15) is 17.0 Å². The quantitative estimate of drug-likeness (QED) is 0.603. The lowest BCUT2D eigenvalue weighted by atomic mass is 9.78. The highest BCUT2D eigenvalue weighted by molar-refractivity contribution is 5.98. The fraction of sp³-hybridized carbons (Fsp3) is 0.200. The lowest BCUT2D eigenvalue weighted by molar-refractivity contribution is -0.159. The van der Waals surface area contributed by atoms with E-state index in [0.29, 0.717) is 5.57 Å². The third-order valence-electron chi connectivity index (χ3n) is 3.92. The summed E-state index contributed by atoms with van der Waals surface area (Å²) >= 11 is 0. The van der Waals surface area contributed by atoms with E-state index in [4.69, 9.17) is 9.47 Å². The van der Waals surface area contributed by atoms with E-state index in [1.807, 2.05) is 60.7 Å². The van der Waals surface area contributed by atoms with Crippen LogP contribution in [0.2, 0.25) is 0 Å². The predicted molar refractivity (Wildman–Crippen MR) is 92.2 cm³/mol. The molecule has 0 saturated carbocycles. The van der Waals surface area contributed by atoms with Gasteiger partial charge < -0.3 is 9.47 Å². The molecule has 0 aliphatic rings. The van der Waals surface area contributed by atoms with Crippen molar-refractivity contribution in [3.05, 3.63) is 78.4 Å². The van der Waals surface area contributed by atoms with Crippen molar-refractivity contribution in [1.29, 1.82) is 0 Å². The van der Waals surface area contributed by atoms with Gasteiger partial charge in [-0.1, -0.05) is 67.2 Å². The summed E-state index contributed by atoms with van der Waals surface area (Å²) in [6, 6.07) is 18.7. The fourth-order valence-electron chi connectivity index (χ4n) is 2.71. The zero-order valence-corrected chi connectivity index (χ0v) is 13.8. The van der Waals surface area contributed by atoms with E-state index in [2.05, 4.69) is 6.58 Å². The average molecular weight is 324 g/mol. The Morgan fingerprint density at radius 2 is 1.29 bits per heavy atom. The van der Waals surface area contributed by atoms with Crippen LogP contribution in [0.25, 0.3) is 5.57 Å². The Morgan fingerprint density at radius 1 is 0.833 bits per heavy atom. The maximum absolute atomic E-state index is 12.3. The molecule has 4 nitrogen and oxygen atoms in total. The Bertz CT molecular complexity index is 691. The standard InChI is InChI=1S/C20H20O4/c1-14(15-10-6-4-7-11-15)17(16-12-8-5-9-13-16)18(19(21)23-2)20(22)24-3/h4-13,17-18H,1H2,2-3H3/t17-/m0/s1. The molecule has 0 saturated heterocycles. The number of rotatable bonds is 6. The molecule has 124 valence electrons. The molecule has 0 aromatic heterocycles. The molecular formula is C20H20O4. The number of allylic oxidation sites excluding steroid dienone is 1. The molecule has 0 amide bonds. The van der Waals surface area contributed by atoms with Crippen molar-refractivity contribution in [2.24, 2.45) is 5.92 Å². The first kappa shape index (κ1) is 17.5. The summed E-state index contributed by atoms with van der Waals surface area (Å²) in [5.41, 5.74) is 2.30. The summed E-state index contributed by atoms with van der Waals surface area (Å²) in [4.78, 5) is 24.6. The first-order valence-electron chi connectivity index (χ1n) is 7.55. The van der Waals surface area contributed by atoms with Gasteiger partial charge in [0.1, 0.15) is 0 Å². The highest BCUT2D eigenvalue weighted by atomic mass is 16.5. The largest absolute Gasteiger partial charge is 0.468 e. The van der Waals surface area contributed by atoms with E-state index in [9.17, 15) is 9.59 Å². The van der Waals surface area contributed by atoms with Crippen molar-refractivity contribution in [3.8, 4) is 0 Å². The molecule has 0 aliphatic carbocycles. The summed E-state index contributed by atoms with van der Waals surface area (Å²) in [7, 11) is 2.51. The van der Waals surface area contributed by atoms with Gasteiger partial charge in [0.25, 0.3) is 0 Å². The van der Waals surface area contributed by atoms with Gasteiger partial charge in [-0.05, 0) is 16.7 Å². The molecule has 4 heteroatoms. The van der Waals surface area contributed by atoms with E-state index >= 15 is 0 Å². The number of hydrogen-bond donors (Lipinski definition) is 0. The Morgan fingerprint density at radius 3 is 1.75 bits per heavy atom. The number of esters is 2. The molecule has 0 radical (unpaired) electrons. The van der Waals surface area contributed by atoms with E-state index in [1.165, 1.54) is 14.2 Å². The van der Waals surface area contributed by atoms with Crippen LogP contribution in [-0.4, -0.2) is 26.2 Å². The average Bonchev–Trinajstić information content (AvgIpc) is 2.65. The Labute approximate surface area is 141 Å². The molecule has 24 heavy (non-hydrogen) atoms. The molecule has 0 N–H and O–H groups in total. The van der Waals surface area contributed by atoms with Crippen LogP contribution in [-0.2, 0) is 19.1 Å². The van der Waals surface area contributed by atoms with Crippen LogP contribution >= 0.6 is 0 Å². The second-order valence-electron chi connectivity index (χ2n) is 5.30. The van der Waals surface area contributed by atoms with Gasteiger partial charge in [0.2, 0.25) is 0 Å². The number of benzene rings is 2. The van der Waals surface area contributed by atoms with Crippen LogP contribution in [0, 0.1) is 5.92 Å². The summed E-state index contributed by atoms with van der Waals surface area (Å²) in [6.07, 6.45) is 0. The Balaban J connectivity index is 2.55. The number of carbonyl (C=O) groups excluding carboxylic acids is 2. The van der Waals surface area contributed by atoms with Crippen LogP contribution in [0.15, 0.2) is 67.2 Å². The molecule has 0 aliphatic heterocycles. The number of hydrogen-bond acceptors (Lipinski definition) is 4. The van der Waals surface area contributed by atoms with Crippen molar-refractivity contribution >= 4 is 17.5 Å². The summed E-state index contributed by atoms with van der Waals surface area (Å²) in [6.45, 7) is 4.14. The molecular weight excluding hydrogens is 304 g/mol. The zero-order valence-electron chi connectivity index (χ0n) is 13.8. The van der Waals surface area contributed by atoms with Crippen molar-refractivity contribution in [1.82, 2.24) is 0 Å². The molecule has 0 heterocycles. The number of ether oxygens (including phenoxy) is 2. The molecule has 2 aromatic carbocycles. The molecule has 2 aromatic rings. The van der Waals surface area contributed by atoms with E-state index in [-0.39, 0.29) is 0 Å². The van der Waals surface area contributed by atoms with Gasteiger partial charge >= 0.3 is 11.9 Å². The highest BCUT2D eigenvalue weighted by Gasteiger charge is 2.39. The minimum Gasteiger partial charge on any atom is -0.468 e. The first-order chi connectivity index (χ1) is 11.6. The summed E-state index contributed by atoms with van der Waals surface area (Å²) < 4.78 is 9.69. The topological polar surface area (TPSA) is 52.6 Å². The molecule has 0 unspecified atom stereocenters. The first-order valence-corrected chi connectivity index (χ1v) is 7.55. The minimum absolute atomic E-state index is 0.575. The fourth-order valence-corrected chi connectivity index (χ4v) is 2.71.